The van der Waals surface area contributed by atoms with Crippen molar-refractivity contribution in [2.75, 3.05) is 23.3 Å². The van der Waals surface area contributed by atoms with Gasteiger partial charge in [-0.15, -0.1) is 0 Å². The van der Waals surface area contributed by atoms with Crippen molar-refractivity contribution in [1.82, 2.24) is 5.32 Å². The van der Waals surface area contributed by atoms with Crippen molar-refractivity contribution in [1.29, 1.82) is 0 Å². The molecule has 1 unspecified atom stereocenters. The lowest BCUT2D eigenvalue weighted by Gasteiger charge is -2.16. The summed E-state index contributed by atoms with van der Waals surface area (Å²) in [5.74, 6) is -1.36. The highest BCUT2D eigenvalue weighted by molar-refractivity contribution is 6.36. The number of carbonyl (C=O) groups excluding carboxylic acids is 3. The average Bonchev–Trinajstić information content (AvgIpc) is 3.04. The lowest BCUT2D eigenvalue weighted by atomic mass is 10.1. The highest BCUT2D eigenvalue weighted by Gasteiger charge is 2.35. The summed E-state index contributed by atoms with van der Waals surface area (Å²) in [5.41, 5.74) is 1.17. The molecule has 140 valence electrons. The number of hydrogen-bond donors (Lipinski definition) is 2. The van der Waals surface area contributed by atoms with E-state index < -0.39 is 11.8 Å². The maximum absolute atomic E-state index is 12.3. The molecular formula is C19H17Cl2N3O3. The molecule has 0 saturated carbocycles. The molecule has 2 N–H and O–H groups in total. The van der Waals surface area contributed by atoms with E-state index in [4.69, 9.17) is 23.2 Å². The number of anilines is 2. The Bertz CT molecular complexity index is 874. The topological polar surface area (TPSA) is 78.5 Å². The average molecular weight is 406 g/mol. The van der Waals surface area contributed by atoms with Gasteiger partial charge in [0.15, 0.2) is 0 Å². The van der Waals surface area contributed by atoms with Gasteiger partial charge >= 0.3 is 0 Å². The standard InChI is InChI=1S/C19H17Cl2N3O3/c20-13-6-7-16(15(21)9-13)23-17(25)10-22-19(27)12-8-18(26)24(11-12)14-4-2-1-3-5-14/h1-7,9,12H,8,10-11H2,(H,22,27)(H,23,25). The van der Waals surface area contributed by atoms with Crippen LogP contribution in [0.25, 0.3) is 0 Å². The van der Waals surface area contributed by atoms with E-state index in [9.17, 15) is 14.4 Å². The van der Waals surface area contributed by atoms with Crippen LogP contribution in [0.4, 0.5) is 11.4 Å². The molecule has 3 amide bonds. The van der Waals surface area contributed by atoms with Crippen LogP contribution >= 0.6 is 23.2 Å². The lowest BCUT2D eigenvalue weighted by Crippen LogP contribution is -2.37. The molecule has 27 heavy (non-hydrogen) atoms. The summed E-state index contributed by atoms with van der Waals surface area (Å²) >= 11 is 11.8. The molecule has 2 aromatic carbocycles. The van der Waals surface area contributed by atoms with E-state index in [2.05, 4.69) is 10.6 Å². The van der Waals surface area contributed by atoms with Gasteiger partial charge in [-0.05, 0) is 30.3 Å². The third-order valence-electron chi connectivity index (χ3n) is 4.19. The van der Waals surface area contributed by atoms with Crippen molar-refractivity contribution in [2.45, 2.75) is 6.42 Å². The van der Waals surface area contributed by atoms with Gasteiger partial charge in [-0.2, -0.15) is 0 Å². The monoisotopic (exact) mass is 405 g/mol. The number of para-hydroxylation sites is 1. The lowest BCUT2D eigenvalue weighted by molar-refractivity contribution is -0.127. The second-order valence-electron chi connectivity index (χ2n) is 6.13. The first kappa shape index (κ1) is 19.2. The van der Waals surface area contributed by atoms with Gasteiger partial charge in [0.25, 0.3) is 0 Å². The van der Waals surface area contributed by atoms with Gasteiger partial charge in [-0.1, -0.05) is 41.4 Å². The molecule has 8 heteroatoms. The summed E-state index contributed by atoms with van der Waals surface area (Å²) in [5, 5.41) is 5.94. The van der Waals surface area contributed by atoms with Crippen LogP contribution in [0.5, 0.6) is 0 Å². The Morgan fingerprint density at radius 3 is 2.56 bits per heavy atom. The summed E-state index contributed by atoms with van der Waals surface area (Å²) in [4.78, 5) is 38.1. The molecule has 1 aliphatic heterocycles. The Balaban J connectivity index is 1.52. The van der Waals surface area contributed by atoms with Crippen molar-refractivity contribution in [3.05, 3.63) is 58.6 Å². The smallest absolute Gasteiger partial charge is 0.243 e. The van der Waals surface area contributed by atoms with Crippen LogP contribution in [0.15, 0.2) is 48.5 Å². The van der Waals surface area contributed by atoms with E-state index in [1.54, 1.807) is 17.0 Å². The number of benzene rings is 2. The molecule has 0 radical (unpaired) electrons. The second kappa shape index (κ2) is 8.41. The predicted octanol–water partition coefficient (Wildman–Crippen LogP) is 3.10. The van der Waals surface area contributed by atoms with Crippen LogP contribution in [0, 0.1) is 5.92 Å². The van der Waals surface area contributed by atoms with E-state index in [1.165, 1.54) is 6.07 Å². The molecule has 1 aliphatic rings. The van der Waals surface area contributed by atoms with E-state index in [1.807, 2.05) is 30.3 Å². The zero-order valence-corrected chi connectivity index (χ0v) is 15.8. The largest absolute Gasteiger partial charge is 0.347 e. The fraction of sp³-hybridized carbons (Fsp3) is 0.211. The number of nitrogens with one attached hydrogen (secondary N) is 2. The molecule has 1 fully saturated rings. The molecule has 2 aromatic rings. The number of halogens is 2. The van der Waals surface area contributed by atoms with Gasteiger partial charge in [0.2, 0.25) is 17.7 Å². The highest BCUT2D eigenvalue weighted by Crippen LogP contribution is 2.26. The maximum Gasteiger partial charge on any atom is 0.243 e. The summed E-state index contributed by atoms with van der Waals surface area (Å²) in [6.07, 6.45) is 0.116. The van der Waals surface area contributed by atoms with Crippen LogP contribution in [-0.2, 0) is 14.4 Å². The fourth-order valence-corrected chi connectivity index (χ4v) is 3.29. The molecule has 1 atom stereocenters. The predicted molar refractivity (Wildman–Crippen MR) is 105 cm³/mol. The number of nitrogens with zero attached hydrogens (tertiary/aromatic N) is 1. The molecule has 0 aromatic heterocycles. The zero-order chi connectivity index (χ0) is 19.4. The molecule has 0 bridgehead atoms. The fourth-order valence-electron chi connectivity index (χ4n) is 2.84. The van der Waals surface area contributed by atoms with Crippen LogP contribution in [0.1, 0.15) is 6.42 Å². The first-order chi connectivity index (χ1) is 12.9. The van der Waals surface area contributed by atoms with E-state index in [0.717, 1.165) is 5.69 Å². The van der Waals surface area contributed by atoms with Gasteiger partial charge < -0.3 is 15.5 Å². The van der Waals surface area contributed by atoms with Crippen molar-refractivity contribution >= 4 is 52.3 Å². The third kappa shape index (κ3) is 4.78. The van der Waals surface area contributed by atoms with E-state index >= 15 is 0 Å². The highest BCUT2D eigenvalue weighted by atomic mass is 35.5. The Kier molecular flexibility index (Phi) is 5.98. The minimum absolute atomic E-state index is 0.112. The van der Waals surface area contributed by atoms with Crippen molar-refractivity contribution in [3.8, 4) is 0 Å². The maximum atomic E-state index is 12.3. The molecule has 1 heterocycles. The summed E-state index contributed by atoms with van der Waals surface area (Å²) < 4.78 is 0. The van der Waals surface area contributed by atoms with Crippen LogP contribution in [0.3, 0.4) is 0 Å². The quantitative estimate of drug-likeness (QED) is 0.801. The zero-order valence-electron chi connectivity index (χ0n) is 14.2. The second-order valence-corrected chi connectivity index (χ2v) is 6.97. The normalized spacial score (nSPS) is 16.3. The molecule has 6 nitrogen and oxygen atoms in total. The first-order valence-corrected chi connectivity index (χ1v) is 9.07. The van der Waals surface area contributed by atoms with E-state index in [0.29, 0.717) is 22.3 Å². The molecule has 0 spiro atoms. The van der Waals surface area contributed by atoms with Gasteiger partial charge in [-0.3, -0.25) is 14.4 Å². The van der Waals surface area contributed by atoms with Gasteiger partial charge in [-0.25, -0.2) is 0 Å². The number of rotatable bonds is 5. The minimum atomic E-state index is -0.496. The van der Waals surface area contributed by atoms with Crippen molar-refractivity contribution in [3.63, 3.8) is 0 Å². The van der Waals surface area contributed by atoms with Crippen molar-refractivity contribution < 1.29 is 14.4 Å². The third-order valence-corrected chi connectivity index (χ3v) is 4.74. The van der Waals surface area contributed by atoms with Gasteiger partial charge in [0.1, 0.15) is 0 Å². The van der Waals surface area contributed by atoms with Crippen molar-refractivity contribution in [2.24, 2.45) is 5.92 Å². The van der Waals surface area contributed by atoms with Crippen LogP contribution in [-0.4, -0.2) is 30.8 Å². The van der Waals surface area contributed by atoms with Gasteiger partial charge in [0.05, 0.1) is 23.2 Å². The van der Waals surface area contributed by atoms with Gasteiger partial charge in [0, 0.05) is 23.7 Å². The molecule has 3 rings (SSSR count). The number of amides is 3. The molecule has 0 aliphatic carbocycles. The van der Waals surface area contributed by atoms with Crippen LogP contribution < -0.4 is 15.5 Å². The number of carbonyl (C=O) groups is 3. The SMILES string of the molecule is O=C(CNC(=O)C1CC(=O)N(c2ccccc2)C1)Nc1ccc(Cl)cc1Cl. The summed E-state index contributed by atoms with van der Waals surface area (Å²) in [6.45, 7) is 0.0765. The summed E-state index contributed by atoms with van der Waals surface area (Å²) in [6, 6.07) is 13.9. The summed E-state index contributed by atoms with van der Waals surface area (Å²) in [7, 11) is 0. The minimum Gasteiger partial charge on any atom is -0.347 e. The Hall–Kier alpha value is -2.57. The Morgan fingerprint density at radius 1 is 1.11 bits per heavy atom. The first-order valence-electron chi connectivity index (χ1n) is 8.32. The number of hydrogen-bond acceptors (Lipinski definition) is 3. The Morgan fingerprint density at radius 2 is 1.85 bits per heavy atom. The van der Waals surface area contributed by atoms with Crippen LogP contribution in [0.2, 0.25) is 10.0 Å². The van der Waals surface area contributed by atoms with E-state index in [-0.39, 0.29) is 24.8 Å². The molecular weight excluding hydrogens is 389 g/mol. The Labute approximate surface area is 166 Å². The molecule has 1 saturated heterocycles.